The van der Waals surface area contributed by atoms with Crippen LogP contribution in [0.1, 0.15) is 0 Å². The molecule has 0 unspecified atom stereocenters. The van der Waals surface area contributed by atoms with E-state index in [1.54, 1.807) is 13.4 Å². The Morgan fingerprint density at radius 1 is 1.08 bits per heavy atom. The number of benzene rings is 1. The van der Waals surface area contributed by atoms with Gasteiger partial charge < -0.3 is 25.6 Å². The van der Waals surface area contributed by atoms with E-state index in [2.05, 4.69) is 49.4 Å². The molecule has 7 nitrogen and oxygen atoms in total. The number of ether oxygens (including phenoxy) is 1. The van der Waals surface area contributed by atoms with E-state index in [9.17, 15) is 0 Å². The number of hydrogen-bond donors (Lipinski definition) is 2. The summed E-state index contributed by atoms with van der Waals surface area (Å²) in [7, 11) is 1.67. The lowest BCUT2D eigenvalue weighted by Gasteiger charge is -2.37. The van der Waals surface area contributed by atoms with Gasteiger partial charge in [0.15, 0.2) is 11.6 Å². The monoisotopic (exact) mass is 328 g/mol. The number of rotatable bonds is 6. The van der Waals surface area contributed by atoms with Crippen LogP contribution >= 0.6 is 0 Å². The number of nitrogens with zero attached hydrogens (tertiary/aromatic N) is 4. The van der Waals surface area contributed by atoms with Gasteiger partial charge in [-0.15, -0.1) is 0 Å². The maximum atomic E-state index is 6.26. The fourth-order valence-electron chi connectivity index (χ4n) is 2.87. The molecule has 1 aliphatic rings. The lowest BCUT2D eigenvalue weighted by molar-refractivity contribution is 0.210. The molecular weight excluding hydrogens is 304 g/mol. The molecule has 128 valence electrons. The molecule has 0 radical (unpaired) electrons. The highest BCUT2D eigenvalue weighted by atomic mass is 16.5. The third kappa shape index (κ3) is 3.68. The molecule has 1 fully saturated rings. The predicted octanol–water partition coefficient (Wildman–Crippen LogP) is 1.44. The van der Waals surface area contributed by atoms with Gasteiger partial charge in [-0.25, -0.2) is 9.97 Å². The molecule has 0 bridgehead atoms. The van der Waals surface area contributed by atoms with Crippen LogP contribution in [-0.2, 0) is 4.74 Å². The van der Waals surface area contributed by atoms with E-state index in [0.29, 0.717) is 24.7 Å². The van der Waals surface area contributed by atoms with E-state index in [1.807, 2.05) is 6.07 Å². The van der Waals surface area contributed by atoms with E-state index in [4.69, 9.17) is 10.5 Å². The summed E-state index contributed by atoms with van der Waals surface area (Å²) >= 11 is 0. The minimum Gasteiger partial charge on any atom is -0.393 e. The fourth-order valence-corrected chi connectivity index (χ4v) is 2.87. The van der Waals surface area contributed by atoms with E-state index >= 15 is 0 Å². The molecule has 1 aromatic carbocycles. The molecule has 7 heteroatoms. The standard InChI is InChI=1S/C17H24N6O/c1-24-12-7-19-16-15(18)17(21-13-20-16)23-10-8-22(9-11-23)14-5-3-2-4-6-14/h2-6,13H,7-12,18H2,1H3,(H,19,20,21). The Labute approximate surface area is 142 Å². The minimum atomic E-state index is 0.599. The first-order valence-corrected chi connectivity index (χ1v) is 8.18. The lowest BCUT2D eigenvalue weighted by atomic mass is 10.2. The highest BCUT2D eigenvalue weighted by Crippen LogP contribution is 2.27. The first kappa shape index (κ1) is 16.3. The smallest absolute Gasteiger partial charge is 0.157 e. The van der Waals surface area contributed by atoms with Crippen LogP contribution < -0.4 is 20.9 Å². The molecule has 24 heavy (non-hydrogen) atoms. The zero-order valence-electron chi connectivity index (χ0n) is 14.0. The average Bonchev–Trinajstić information content (AvgIpc) is 2.64. The van der Waals surface area contributed by atoms with E-state index < -0.39 is 0 Å². The number of para-hydroxylation sites is 1. The predicted molar refractivity (Wildman–Crippen MR) is 97.7 cm³/mol. The van der Waals surface area contributed by atoms with Crippen LogP contribution in [0.3, 0.4) is 0 Å². The lowest BCUT2D eigenvalue weighted by Crippen LogP contribution is -2.47. The van der Waals surface area contributed by atoms with Crippen molar-refractivity contribution in [1.29, 1.82) is 0 Å². The number of methoxy groups -OCH3 is 1. The summed E-state index contributed by atoms with van der Waals surface area (Å²) in [5.74, 6) is 1.47. The summed E-state index contributed by atoms with van der Waals surface area (Å²) in [6.45, 7) is 4.93. The van der Waals surface area contributed by atoms with Gasteiger partial charge in [0.05, 0.1) is 6.61 Å². The second-order valence-corrected chi connectivity index (χ2v) is 5.69. The molecule has 0 saturated carbocycles. The molecule has 2 aromatic rings. The van der Waals surface area contributed by atoms with Gasteiger partial charge in [0.2, 0.25) is 0 Å². The zero-order chi connectivity index (χ0) is 16.8. The average molecular weight is 328 g/mol. The first-order valence-electron chi connectivity index (χ1n) is 8.18. The quantitative estimate of drug-likeness (QED) is 0.777. The van der Waals surface area contributed by atoms with Crippen molar-refractivity contribution in [2.24, 2.45) is 0 Å². The Bertz CT molecular complexity index is 643. The molecule has 3 rings (SSSR count). The van der Waals surface area contributed by atoms with Crippen molar-refractivity contribution in [2.45, 2.75) is 0 Å². The third-order valence-electron chi connectivity index (χ3n) is 4.16. The summed E-state index contributed by atoms with van der Waals surface area (Å²) in [5, 5.41) is 3.19. The zero-order valence-corrected chi connectivity index (χ0v) is 14.0. The topological polar surface area (TPSA) is 79.5 Å². The SMILES string of the molecule is COCCNc1ncnc(N2CCN(c3ccccc3)CC2)c1N. The van der Waals surface area contributed by atoms with Gasteiger partial charge in [-0.2, -0.15) is 0 Å². The largest absolute Gasteiger partial charge is 0.393 e. The minimum absolute atomic E-state index is 0.599. The molecule has 0 spiro atoms. The van der Waals surface area contributed by atoms with Crippen molar-refractivity contribution in [3.8, 4) is 0 Å². The summed E-state index contributed by atoms with van der Waals surface area (Å²) in [6.07, 6.45) is 1.56. The number of piperazine rings is 1. The van der Waals surface area contributed by atoms with Crippen LogP contribution in [0.25, 0.3) is 0 Å². The van der Waals surface area contributed by atoms with Crippen molar-refractivity contribution in [3.05, 3.63) is 36.7 Å². The van der Waals surface area contributed by atoms with Crippen molar-refractivity contribution >= 4 is 23.0 Å². The maximum absolute atomic E-state index is 6.26. The van der Waals surface area contributed by atoms with Crippen molar-refractivity contribution < 1.29 is 4.74 Å². The number of hydrogen-bond acceptors (Lipinski definition) is 7. The van der Waals surface area contributed by atoms with Gasteiger partial charge in [-0.05, 0) is 12.1 Å². The number of nitrogen functional groups attached to an aromatic ring is 1. The molecule has 2 heterocycles. The van der Waals surface area contributed by atoms with Gasteiger partial charge in [0, 0.05) is 45.5 Å². The van der Waals surface area contributed by atoms with E-state index in [1.165, 1.54) is 5.69 Å². The van der Waals surface area contributed by atoms with Crippen LogP contribution in [0.4, 0.5) is 23.0 Å². The van der Waals surface area contributed by atoms with Crippen molar-refractivity contribution in [2.75, 3.05) is 67.3 Å². The van der Waals surface area contributed by atoms with Crippen LogP contribution in [-0.4, -0.2) is 56.4 Å². The Hall–Kier alpha value is -2.54. The van der Waals surface area contributed by atoms with E-state index in [-0.39, 0.29) is 0 Å². The Morgan fingerprint density at radius 3 is 2.50 bits per heavy atom. The van der Waals surface area contributed by atoms with E-state index in [0.717, 1.165) is 32.0 Å². The molecule has 1 saturated heterocycles. The summed E-state index contributed by atoms with van der Waals surface area (Å²) in [6, 6.07) is 10.5. The van der Waals surface area contributed by atoms with Crippen LogP contribution in [0, 0.1) is 0 Å². The number of anilines is 4. The Morgan fingerprint density at radius 2 is 1.79 bits per heavy atom. The maximum Gasteiger partial charge on any atom is 0.157 e. The van der Waals surface area contributed by atoms with Gasteiger partial charge in [0.25, 0.3) is 0 Å². The van der Waals surface area contributed by atoms with Crippen LogP contribution in [0.2, 0.25) is 0 Å². The number of nitrogens with one attached hydrogen (secondary N) is 1. The van der Waals surface area contributed by atoms with Gasteiger partial charge >= 0.3 is 0 Å². The number of aromatic nitrogens is 2. The molecule has 0 aliphatic carbocycles. The summed E-state index contributed by atoms with van der Waals surface area (Å²) in [4.78, 5) is 13.2. The van der Waals surface area contributed by atoms with Gasteiger partial charge in [-0.1, -0.05) is 18.2 Å². The Balaban J connectivity index is 1.65. The third-order valence-corrected chi connectivity index (χ3v) is 4.16. The highest BCUT2D eigenvalue weighted by molar-refractivity contribution is 5.75. The molecular formula is C17H24N6O. The molecule has 1 aliphatic heterocycles. The van der Waals surface area contributed by atoms with Crippen LogP contribution in [0.15, 0.2) is 36.7 Å². The Kier molecular flexibility index (Phi) is 5.32. The second kappa shape index (κ2) is 7.83. The number of nitrogens with two attached hydrogens (primary N) is 1. The normalized spacial score (nSPS) is 14.7. The van der Waals surface area contributed by atoms with Crippen molar-refractivity contribution in [3.63, 3.8) is 0 Å². The van der Waals surface area contributed by atoms with Crippen molar-refractivity contribution in [1.82, 2.24) is 9.97 Å². The van der Waals surface area contributed by atoms with Gasteiger partial charge in [-0.3, -0.25) is 0 Å². The first-order chi connectivity index (χ1) is 11.8. The summed E-state index contributed by atoms with van der Waals surface area (Å²) < 4.78 is 5.04. The molecule has 3 N–H and O–H groups in total. The summed E-state index contributed by atoms with van der Waals surface area (Å²) in [5.41, 5.74) is 8.12. The molecule has 1 aromatic heterocycles. The van der Waals surface area contributed by atoms with Crippen LogP contribution in [0.5, 0.6) is 0 Å². The molecule has 0 amide bonds. The fraction of sp³-hybridized carbons (Fsp3) is 0.412. The van der Waals surface area contributed by atoms with Gasteiger partial charge in [0.1, 0.15) is 12.0 Å². The highest BCUT2D eigenvalue weighted by Gasteiger charge is 2.21. The second-order valence-electron chi connectivity index (χ2n) is 5.69. The molecule has 0 atom stereocenters.